The van der Waals surface area contributed by atoms with Crippen LogP contribution in [0.2, 0.25) is 0 Å². The Labute approximate surface area is 122 Å². The monoisotopic (exact) mass is 293 g/mol. The average Bonchev–Trinajstić information content (AvgIpc) is 3.09. The van der Waals surface area contributed by atoms with Gasteiger partial charge >= 0.3 is 5.97 Å². The molecule has 0 radical (unpaired) electrons. The molecule has 2 bridgehead atoms. The lowest BCUT2D eigenvalue weighted by Gasteiger charge is -2.23. The van der Waals surface area contributed by atoms with Gasteiger partial charge in [-0.15, -0.1) is 0 Å². The van der Waals surface area contributed by atoms with Crippen molar-refractivity contribution in [3.8, 4) is 0 Å². The van der Waals surface area contributed by atoms with Crippen molar-refractivity contribution in [2.45, 2.75) is 38.5 Å². The molecule has 0 unspecified atom stereocenters. The van der Waals surface area contributed by atoms with Gasteiger partial charge in [-0.25, -0.2) is 0 Å². The molecule has 7 nitrogen and oxygen atoms in total. The summed E-state index contributed by atoms with van der Waals surface area (Å²) in [4.78, 5) is 23.7. The molecule has 1 aromatic heterocycles. The lowest BCUT2D eigenvalue weighted by molar-refractivity contribution is -0.147. The summed E-state index contributed by atoms with van der Waals surface area (Å²) in [5.74, 6) is -2.49. The van der Waals surface area contributed by atoms with Crippen LogP contribution in [-0.2, 0) is 27.9 Å². The van der Waals surface area contributed by atoms with E-state index in [1.807, 2.05) is 20.2 Å². The number of carboxylic acid groups (broad SMARTS) is 1. The molecular formula is C14H19N3O4. The fourth-order valence-corrected chi connectivity index (χ4v) is 3.45. The summed E-state index contributed by atoms with van der Waals surface area (Å²) in [6.07, 6.45) is 2.77. The summed E-state index contributed by atoms with van der Waals surface area (Å²) in [7, 11) is 1.82. The van der Waals surface area contributed by atoms with Crippen LogP contribution >= 0.6 is 0 Å². The van der Waals surface area contributed by atoms with Crippen molar-refractivity contribution >= 4 is 11.9 Å². The van der Waals surface area contributed by atoms with E-state index in [0.717, 1.165) is 24.1 Å². The van der Waals surface area contributed by atoms with E-state index in [0.29, 0.717) is 6.54 Å². The normalized spacial score (nSPS) is 30.6. The standard InChI is InChI=1S/C14H19N3O4/c1-7-8(6-17(2)16-7)5-15-13(18)11-9-3-4-10(21-9)12(11)14(19)20/h6,9-12H,3-5H2,1-2H3,(H,15,18)(H,19,20)/t9-,10+,11-,12+/m1/s1. The van der Waals surface area contributed by atoms with Gasteiger partial charge < -0.3 is 15.2 Å². The zero-order valence-electron chi connectivity index (χ0n) is 12.1. The first kappa shape index (κ1) is 14.1. The Kier molecular flexibility index (Phi) is 3.44. The van der Waals surface area contributed by atoms with Crippen LogP contribution in [0.15, 0.2) is 6.20 Å². The van der Waals surface area contributed by atoms with Crippen LogP contribution in [0.3, 0.4) is 0 Å². The highest BCUT2D eigenvalue weighted by Gasteiger charge is 2.55. The molecule has 7 heteroatoms. The molecule has 3 rings (SSSR count). The maximum atomic E-state index is 12.4. The van der Waals surface area contributed by atoms with Crippen LogP contribution in [0.4, 0.5) is 0 Å². The number of fused-ring (bicyclic) bond motifs is 2. The first-order valence-electron chi connectivity index (χ1n) is 7.12. The summed E-state index contributed by atoms with van der Waals surface area (Å²) in [5, 5.41) is 16.4. The van der Waals surface area contributed by atoms with Crippen molar-refractivity contribution in [1.82, 2.24) is 15.1 Å². The van der Waals surface area contributed by atoms with Crippen LogP contribution in [0.25, 0.3) is 0 Å². The van der Waals surface area contributed by atoms with Gasteiger partial charge in [-0.2, -0.15) is 5.10 Å². The Morgan fingerprint density at radius 2 is 2.10 bits per heavy atom. The van der Waals surface area contributed by atoms with Gasteiger partial charge in [0.2, 0.25) is 5.91 Å². The van der Waals surface area contributed by atoms with Crippen LogP contribution < -0.4 is 5.32 Å². The highest BCUT2D eigenvalue weighted by Crippen LogP contribution is 2.43. The molecule has 4 atom stereocenters. The second-order valence-corrected chi connectivity index (χ2v) is 5.81. The van der Waals surface area contributed by atoms with Gasteiger partial charge in [-0.1, -0.05) is 0 Å². The molecule has 2 fully saturated rings. The topological polar surface area (TPSA) is 93.5 Å². The molecule has 1 amide bonds. The number of hydrogen-bond acceptors (Lipinski definition) is 4. The fraction of sp³-hybridized carbons (Fsp3) is 0.643. The van der Waals surface area contributed by atoms with E-state index >= 15 is 0 Å². The molecule has 3 heterocycles. The average molecular weight is 293 g/mol. The van der Waals surface area contributed by atoms with Gasteiger partial charge in [0.1, 0.15) is 0 Å². The third kappa shape index (κ3) is 2.42. The molecule has 0 aromatic carbocycles. The fourth-order valence-electron chi connectivity index (χ4n) is 3.45. The highest BCUT2D eigenvalue weighted by atomic mass is 16.5. The quantitative estimate of drug-likeness (QED) is 0.828. The van der Waals surface area contributed by atoms with Crippen molar-refractivity contribution < 1.29 is 19.4 Å². The number of carbonyl (C=O) groups is 2. The highest BCUT2D eigenvalue weighted by molar-refractivity contribution is 5.86. The molecule has 21 heavy (non-hydrogen) atoms. The number of carbonyl (C=O) groups excluding carboxylic acids is 1. The zero-order chi connectivity index (χ0) is 15.1. The Morgan fingerprint density at radius 3 is 2.67 bits per heavy atom. The van der Waals surface area contributed by atoms with Crippen molar-refractivity contribution in [2.24, 2.45) is 18.9 Å². The largest absolute Gasteiger partial charge is 0.481 e. The number of amides is 1. The summed E-state index contributed by atoms with van der Waals surface area (Å²) >= 11 is 0. The van der Waals surface area contributed by atoms with E-state index in [2.05, 4.69) is 10.4 Å². The number of ether oxygens (including phenoxy) is 1. The van der Waals surface area contributed by atoms with Crippen molar-refractivity contribution in [3.63, 3.8) is 0 Å². The predicted octanol–water partition coefficient (Wildman–Crippen LogP) is 0.223. The minimum atomic E-state index is -0.945. The molecular weight excluding hydrogens is 274 g/mol. The summed E-state index contributed by atoms with van der Waals surface area (Å²) in [5.41, 5.74) is 1.79. The van der Waals surface area contributed by atoms with E-state index < -0.39 is 17.8 Å². The SMILES string of the molecule is Cc1nn(C)cc1CNC(=O)[C@H]1[C@@H](C(=O)O)[C@@H]2CC[C@H]1O2. The molecule has 2 aliphatic rings. The number of aryl methyl sites for hydroxylation is 2. The molecule has 1 aromatic rings. The lowest BCUT2D eigenvalue weighted by atomic mass is 9.78. The lowest BCUT2D eigenvalue weighted by Crippen LogP contribution is -2.43. The molecule has 2 N–H and O–H groups in total. The van der Waals surface area contributed by atoms with E-state index in [1.165, 1.54) is 0 Å². The summed E-state index contributed by atoms with van der Waals surface area (Å²) in [6, 6.07) is 0. The van der Waals surface area contributed by atoms with Crippen LogP contribution in [0, 0.1) is 18.8 Å². The van der Waals surface area contributed by atoms with Gasteiger partial charge in [0, 0.05) is 25.4 Å². The van der Waals surface area contributed by atoms with Crippen molar-refractivity contribution in [3.05, 3.63) is 17.5 Å². The molecule has 2 saturated heterocycles. The predicted molar refractivity (Wildman–Crippen MR) is 72.3 cm³/mol. The molecule has 0 spiro atoms. The van der Waals surface area contributed by atoms with Crippen molar-refractivity contribution in [2.75, 3.05) is 0 Å². The smallest absolute Gasteiger partial charge is 0.310 e. The minimum absolute atomic E-state index is 0.238. The van der Waals surface area contributed by atoms with Gasteiger partial charge in [0.15, 0.2) is 0 Å². The van der Waals surface area contributed by atoms with Gasteiger partial charge in [-0.05, 0) is 19.8 Å². The number of nitrogens with one attached hydrogen (secondary N) is 1. The maximum Gasteiger partial charge on any atom is 0.310 e. The number of hydrogen-bond donors (Lipinski definition) is 2. The first-order chi connectivity index (χ1) is 9.97. The van der Waals surface area contributed by atoms with Crippen LogP contribution in [0.1, 0.15) is 24.1 Å². The Hall–Kier alpha value is -1.89. The van der Waals surface area contributed by atoms with E-state index in [-0.39, 0.29) is 18.1 Å². The third-order valence-corrected chi connectivity index (χ3v) is 4.43. The van der Waals surface area contributed by atoms with E-state index in [4.69, 9.17) is 4.74 Å². The molecule has 0 aliphatic carbocycles. The Balaban J connectivity index is 1.67. The van der Waals surface area contributed by atoms with Gasteiger partial charge in [0.25, 0.3) is 0 Å². The number of carboxylic acids is 1. The van der Waals surface area contributed by atoms with Gasteiger partial charge in [0.05, 0.1) is 29.7 Å². The first-order valence-corrected chi connectivity index (χ1v) is 7.12. The van der Waals surface area contributed by atoms with Crippen LogP contribution in [-0.4, -0.2) is 39.0 Å². The van der Waals surface area contributed by atoms with E-state index in [9.17, 15) is 14.7 Å². The number of aliphatic carboxylic acids is 1. The zero-order valence-corrected chi connectivity index (χ0v) is 12.1. The number of rotatable bonds is 4. The number of aromatic nitrogens is 2. The second kappa shape index (κ2) is 5.14. The summed E-state index contributed by atoms with van der Waals surface area (Å²) < 4.78 is 7.29. The maximum absolute atomic E-state index is 12.4. The second-order valence-electron chi connectivity index (χ2n) is 5.81. The minimum Gasteiger partial charge on any atom is -0.481 e. The van der Waals surface area contributed by atoms with Crippen molar-refractivity contribution in [1.29, 1.82) is 0 Å². The Morgan fingerprint density at radius 1 is 1.43 bits per heavy atom. The van der Waals surface area contributed by atoms with E-state index in [1.54, 1.807) is 4.68 Å². The Bertz CT molecular complexity index is 583. The molecule has 114 valence electrons. The third-order valence-electron chi connectivity index (χ3n) is 4.43. The summed E-state index contributed by atoms with van der Waals surface area (Å²) in [6.45, 7) is 2.24. The molecule has 2 aliphatic heterocycles. The van der Waals surface area contributed by atoms with Crippen LogP contribution in [0.5, 0.6) is 0 Å². The van der Waals surface area contributed by atoms with Gasteiger partial charge in [-0.3, -0.25) is 14.3 Å². The number of nitrogens with zero attached hydrogens (tertiary/aromatic N) is 2. The molecule has 0 saturated carbocycles.